The molecule has 1 unspecified atom stereocenters. The molecule has 0 spiro atoms. The van der Waals surface area contributed by atoms with Gasteiger partial charge in [-0.3, -0.25) is 10.1 Å². The number of nitro groups is 1. The topological polar surface area (TPSA) is 110 Å². The van der Waals surface area contributed by atoms with Crippen molar-refractivity contribution in [2.45, 2.75) is 25.8 Å². The Labute approximate surface area is 116 Å². The van der Waals surface area contributed by atoms with Crippen molar-refractivity contribution in [1.29, 1.82) is 0 Å². The standard InChI is InChI=1S/C13H17N3O4/c1-8-11(15-4-2-3-10(14)7-15)5-9(13(17)18)6-12(8)16(19)20/h5-6,10H,2-4,7,14H2,1H3,(H,17,18). The molecule has 0 bridgehead atoms. The molecule has 108 valence electrons. The van der Waals surface area contributed by atoms with Crippen LogP contribution in [-0.4, -0.2) is 35.1 Å². The Morgan fingerprint density at radius 1 is 1.55 bits per heavy atom. The maximum absolute atomic E-state index is 11.1. The van der Waals surface area contributed by atoms with Crippen molar-refractivity contribution in [3.63, 3.8) is 0 Å². The number of carboxylic acids is 1. The molecular formula is C13H17N3O4. The van der Waals surface area contributed by atoms with Crippen LogP contribution in [0.5, 0.6) is 0 Å². The molecule has 7 heteroatoms. The maximum atomic E-state index is 11.1. The lowest BCUT2D eigenvalue weighted by Gasteiger charge is -2.33. The zero-order valence-electron chi connectivity index (χ0n) is 11.2. The summed E-state index contributed by atoms with van der Waals surface area (Å²) in [6, 6.07) is 2.60. The van der Waals surface area contributed by atoms with E-state index in [-0.39, 0.29) is 17.3 Å². The van der Waals surface area contributed by atoms with E-state index in [1.165, 1.54) is 6.07 Å². The van der Waals surface area contributed by atoms with Crippen molar-refractivity contribution < 1.29 is 14.8 Å². The quantitative estimate of drug-likeness (QED) is 0.641. The van der Waals surface area contributed by atoms with Crippen molar-refractivity contribution in [2.75, 3.05) is 18.0 Å². The minimum Gasteiger partial charge on any atom is -0.478 e. The molecule has 0 saturated carbocycles. The van der Waals surface area contributed by atoms with Crippen LogP contribution >= 0.6 is 0 Å². The SMILES string of the molecule is Cc1c(N2CCCC(N)C2)cc(C(=O)O)cc1[N+](=O)[O-]. The molecule has 20 heavy (non-hydrogen) atoms. The van der Waals surface area contributed by atoms with Gasteiger partial charge < -0.3 is 15.7 Å². The lowest BCUT2D eigenvalue weighted by molar-refractivity contribution is -0.385. The fourth-order valence-corrected chi connectivity index (χ4v) is 2.55. The highest BCUT2D eigenvalue weighted by Gasteiger charge is 2.24. The van der Waals surface area contributed by atoms with E-state index in [0.29, 0.717) is 17.8 Å². The smallest absolute Gasteiger partial charge is 0.336 e. The number of nitrogens with zero attached hydrogens (tertiary/aromatic N) is 2. The minimum absolute atomic E-state index is 0.00990. The van der Waals surface area contributed by atoms with Gasteiger partial charge in [-0.2, -0.15) is 0 Å². The lowest BCUT2D eigenvalue weighted by Crippen LogP contribution is -2.43. The zero-order chi connectivity index (χ0) is 14.9. The van der Waals surface area contributed by atoms with Crippen LogP contribution in [0.25, 0.3) is 0 Å². The highest BCUT2D eigenvalue weighted by Crippen LogP contribution is 2.32. The van der Waals surface area contributed by atoms with E-state index in [4.69, 9.17) is 10.8 Å². The Bertz CT molecular complexity index is 559. The molecule has 1 aromatic carbocycles. The van der Waals surface area contributed by atoms with Gasteiger partial charge in [-0.25, -0.2) is 4.79 Å². The fourth-order valence-electron chi connectivity index (χ4n) is 2.55. The number of nitrogens with two attached hydrogens (primary N) is 1. The number of carbonyl (C=O) groups is 1. The molecule has 0 aromatic heterocycles. The van der Waals surface area contributed by atoms with Crippen LogP contribution in [0, 0.1) is 17.0 Å². The summed E-state index contributed by atoms with van der Waals surface area (Å²) in [5, 5.41) is 20.2. The molecule has 1 aromatic rings. The maximum Gasteiger partial charge on any atom is 0.336 e. The highest BCUT2D eigenvalue weighted by atomic mass is 16.6. The Balaban J connectivity index is 2.50. The molecule has 1 fully saturated rings. The molecule has 0 radical (unpaired) electrons. The summed E-state index contributed by atoms with van der Waals surface area (Å²) >= 11 is 0. The predicted molar refractivity (Wildman–Crippen MR) is 74.2 cm³/mol. The van der Waals surface area contributed by atoms with Crippen molar-refractivity contribution >= 4 is 17.3 Å². The number of hydrogen-bond donors (Lipinski definition) is 2. The third-order valence-electron chi connectivity index (χ3n) is 3.60. The van der Waals surface area contributed by atoms with Crippen LogP contribution in [0.1, 0.15) is 28.8 Å². The third-order valence-corrected chi connectivity index (χ3v) is 3.60. The van der Waals surface area contributed by atoms with Gasteiger partial charge in [0.15, 0.2) is 0 Å². The van der Waals surface area contributed by atoms with E-state index in [1.54, 1.807) is 6.92 Å². The van der Waals surface area contributed by atoms with Gasteiger partial charge in [0.25, 0.3) is 5.69 Å². The molecular weight excluding hydrogens is 262 g/mol. The van der Waals surface area contributed by atoms with Gasteiger partial charge in [-0.15, -0.1) is 0 Å². The van der Waals surface area contributed by atoms with Crippen molar-refractivity contribution in [2.24, 2.45) is 5.73 Å². The van der Waals surface area contributed by atoms with Crippen LogP contribution in [0.15, 0.2) is 12.1 Å². The Hall–Kier alpha value is -2.15. The van der Waals surface area contributed by atoms with E-state index in [0.717, 1.165) is 25.5 Å². The largest absolute Gasteiger partial charge is 0.478 e. The number of piperidine rings is 1. The first-order chi connectivity index (χ1) is 9.40. The Morgan fingerprint density at radius 3 is 2.80 bits per heavy atom. The van der Waals surface area contributed by atoms with Gasteiger partial charge >= 0.3 is 5.97 Å². The van der Waals surface area contributed by atoms with Crippen molar-refractivity contribution in [3.8, 4) is 0 Å². The lowest BCUT2D eigenvalue weighted by atomic mass is 10.0. The number of anilines is 1. The molecule has 0 aliphatic carbocycles. The first kappa shape index (κ1) is 14.3. The summed E-state index contributed by atoms with van der Waals surface area (Å²) < 4.78 is 0. The summed E-state index contributed by atoms with van der Waals surface area (Å²) in [7, 11) is 0. The summed E-state index contributed by atoms with van der Waals surface area (Å²) in [6.45, 7) is 2.95. The van der Waals surface area contributed by atoms with E-state index < -0.39 is 10.9 Å². The average molecular weight is 279 g/mol. The molecule has 1 aliphatic rings. The van der Waals surface area contributed by atoms with Gasteiger partial charge in [0, 0.05) is 30.9 Å². The number of rotatable bonds is 3. The van der Waals surface area contributed by atoms with Crippen LogP contribution in [-0.2, 0) is 0 Å². The fraction of sp³-hybridized carbons (Fsp3) is 0.462. The molecule has 3 N–H and O–H groups in total. The third kappa shape index (κ3) is 2.72. The number of nitro benzene ring substituents is 1. The minimum atomic E-state index is -1.17. The molecule has 0 amide bonds. The van der Waals surface area contributed by atoms with Crippen LogP contribution < -0.4 is 10.6 Å². The van der Waals surface area contributed by atoms with E-state index in [9.17, 15) is 14.9 Å². The molecule has 1 atom stereocenters. The van der Waals surface area contributed by atoms with Crippen molar-refractivity contribution in [1.82, 2.24) is 0 Å². The second-order valence-electron chi connectivity index (χ2n) is 5.05. The first-order valence-corrected chi connectivity index (χ1v) is 6.43. The zero-order valence-corrected chi connectivity index (χ0v) is 11.2. The first-order valence-electron chi connectivity index (χ1n) is 6.43. The number of aromatic carboxylic acids is 1. The van der Waals surface area contributed by atoms with Crippen molar-refractivity contribution in [3.05, 3.63) is 33.4 Å². The van der Waals surface area contributed by atoms with E-state index in [1.807, 2.05) is 4.90 Å². The monoisotopic (exact) mass is 279 g/mol. The predicted octanol–water partition coefficient (Wildman–Crippen LogP) is 1.53. The van der Waals surface area contributed by atoms with E-state index >= 15 is 0 Å². The Kier molecular flexibility index (Phi) is 3.89. The molecule has 1 saturated heterocycles. The molecule has 2 rings (SSSR count). The second kappa shape index (κ2) is 5.46. The van der Waals surface area contributed by atoms with Gasteiger partial charge in [-0.1, -0.05) is 0 Å². The summed E-state index contributed by atoms with van der Waals surface area (Å²) in [5.41, 5.74) is 6.75. The van der Waals surface area contributed by atoms with Crippen LogP contribution in [0.2, 0.25) is 0 Å². The normalized spacial score (nSPS) is 18.9. The van der Waals surface area contributed by atoms with E-state index in [2.05, 4.69) is 0 Å². The van der Waals surface area contributed by atoms with Gasteiger partial charge in [-0.05, 0) is 25.8 Å². The number of benzene rings is 1. The van der Waals surface area contributed by atoms with Crippen LogP contribution in [0.3, 0.4) is 0 Å². The van der Waals surface area contributed by atoms with Gasteiger partial charge in [0.05, 0.1) is 16.1 Å². The summed E-state index contributed by atoms with van der Waals surface area (Å²) in [6.07, 6.45) is 1.81. The highest BCUT2D eigenvalue weighted by molar-refractivity contribution is 5.90. The number of hydrogen-bond acceptors (Lipinski definition) is 5. The number of carboxylic acid groups (broad SMARTS) is 1. The van der Waals surface area contributed by atoms with Gasteiger partial charge in [0.2, 0.25) is 0 Å². The molecule has 1 heterocycles. The Morgan fingerprint density at radius 2 is 2.25 bits per heavy atom. The second-order valence-corrected chi connectivity index (χ2v) is 5.05. The summed E-state index contributed by atoms with van der Waals surface area (Å²) in [4.78, 5) is 23.6. The molecule has 1 aliphatic heterocycles. The van der Waals surface area contributed by atoms with Gasteiger partial charge in [0.1, 0.15) is 0 Å². The molecule has 7 nitrogen and oxygen atoms in total. The summed E-state index contributed by atoms with van der Waals surface area (Å²) in [5.74, 6) is -1.17. The average Bonchev–Trinajstić information content (AvgIpc) is 2.38. The van der Waals surface area contributed by atoms with Crippen LogP contribution in [0.4, 0.5) is 11.4 Å².